The zero-order chi connectivity index (χ0) is 18.7. The van der Waals surface area contributed by atoms with Gasteiger partial charge < -0.3 is 24.4 Å². The van der Waals surface area contributed by atoms with Gasteiger partial charge in [0.1, 0.15) is 19.8 Å². The molecule has 3 rings (SSSR count). The minimum Gasteiger partial charge on any atom is -0.486 e. The molecule has 8 heteroatoms. The maximum Gasteiger partial charge on any atom is 0.323 e. The Hall–Kier alpha value is -2.77. The van der Waals surface area contributed by atoms with Crippen LogP contribution in [-0.4, -0.2) is 60.6 Å². The van der Waals surface area contributed by atoms with Gasteiger partial charge in [-0.25, -0.2) is 0 Å². The number of carboxylic acid groups (broad SMARTS) is 1. The highest BCUT2D eigenvalue weighted by Crippen LogP contribution is 2.36. The average Bonchev–Trinajstić information content (AvgIpc) is 3.01. The number of fused-ring (bicyclic) bond motifs is 1. The number of anilines is 1. The number of carbonyl (C=O) groups is 3. The molecule has 8 nitrogen and oxygen atoms in total. The predicted molar refractivity (Wildman–Crippen MR) is 92.4 cm³/mol. The first-order valence-corrected chi connectivity index (χ1v) is 8.70. The van der Waals surface area contributed by atoms with Crippen LogP contribution in [-0.2, 0) is 14.4 Å². The molecule has 140 valence electrons. The molecule has 0 saturated carbocycles. The van der Waals surface area contributed by atoms with E-state index in [0.29, 0.717) is 43.4 Å². The minimum atomic E-state index is -1.06. The SMILES string of the molecule is CCCN(CC(=O)O)C(=O)C1CC(=O)N(c2ccc3c(c2)OCCO3)C1. The first-order valence-electron chi connectivity index (χ1n) is 8.70. The number of ether oxygens (including phenoxy) is 2. The summed E-state index contributed by atoms with van der Waals surface area (Å²) in [6.07, 6.45) is 0.735. The van der Waals surface area contributed by atoms with Gasteiger partial charge in [0.25, 0.3) is 0 Å². The number of aliphatic carboxylic acids is 1. The molecule has 2 aliphatic heterocycles. The van der Waals surface area contributed by atoms with E-state index < -0.39 is 11.9 Å². The van der Waals surface area contributed by atoms with Gasteiger partial charge in [0, 0.05) is 31.3 Å². The fraction of sp³-hybridized carbons (Fsp3) is 0.500. The summed E-state index contributed by atoms with van der Waals surface area (Å²) in [6.45, 7) is 3.07. The Kier molecular flexibility index (Phi) is 5.29. The van der Waals surface area contributed by atoms with E-state index in [1.807, 2.05) is 6.92 Å². The number of carboxylic acids is 1. The van der Waals surface area contributed by atoms with Crippen molar-refractivity contribution >= 4 is 23.5 Å². The normalized spacial score (nSPS) is 18.7. The molecule has 2 amide bonds. The molecule has 0 radical (unpaired) electrons. The number of nitrogens with zero attached hydrogens (tertiary/aromatic N) is 2. The highest BCUT2D eigenvalue weighted by Gasteiger charge is 2.37. The molecule has 1 fully saturated rings. The van der Waals surface area contributed by atoms with Gasteiger partial charge in [-0.15, -0.1) is 0 Å². The van der Waals surface area contributed by atoms with Gasteiger partial charge in [-0.2, -0.15) is 0 Å². The quantitative estimate of drug-likeness (QED) is 0.815. The van der Waals surface area contributed by atoms with E-state index >= 15 is 0 Å². The Morgan fingerprint density at radius 1 is 1.27 bits per heavy atom. The van der Waals surface area contributed by atoms with Crippen LogP contribution in [0.4, 0.5) is 5.69 Å². The van der Waals surface area contributed by atoms with Crippen molar-refractivity contribution in [3.63, 3.8) is 0 Å². The van der Waals surface area contributed by atoms with Crippen LogP contribution in [0.2, 0.25) is 0 Å². The first kappa shape index (κ1) is 18.0. The van der Waals surface area contributed by atoms with Gasteiger partial charge in [0.15, 0.2) is 11.5 Å². The maximum atomic E-state index is 12.7. The third-order valence-corrected chi connectivity index (χ3v) is 4.44. The Labute approximate surface area is 151 Å². The molecular weight excluding hydrogens is 340 g/mol. The lowest BCUT2D eigenvalue weighted by atomic mass is 10.1. The molecule has 0 aliphatic carbocycles. The fourth-order valence-electron chi connectivity index (χ4n) is 3.28. The van der Waals surface area contributed by atoms with Gasteiger partial charge in [-0.3, -0.25) is 14.4 Å². The van der Waals surface area contributed by atoms with E-state index in [1.54, 1.807) is 23.1 Å². The van der Waals surface area contributed by atoms with E-state index in [-0.39, 0.29) is 31.3 Å². The van der Waals surface area contributed by atoms with Crippen LogP contribution >= 0.6 is 0 Å². The van der Waals surface area contributed by atoms with Crippen molar-refractivity contribution < 1.29 is 29.0 Å². The monoisotopic (exact) mass is 362 g/mol. The lowest BCUT2D eigenvalue weighted by Gasteiger charge is -2.24. The standard InChI is InChI=1S/C18H22N2O6/c1-2-5-19(11-17(22)23)18(24)12-8-16(21)20(10-12)13-3-4-14-15(9-13)26-7-6-25-14/h3-4,9,12H,2,5-8,10-11H2,1H3,(H,22,23). The van der Waals surface area contributed by atoms with Crippen LogP contribution in [0.3, 0.4) is 0 Å². The van der Waals surface area contributed by atoms with E-state index in [0.717, 1.165) is 0 Å². The Morgan fingerprint density at radius 2 is 2.00 bits per heavy atom. The van der Waals surface area contributed by atoms with Gasteiger partial charge >= 0.3 is 5.97 Å². The Balaban J connectivity index is 1.73. The Bertz CT molecular complexity index is 720. The molecule has 1 aromatic carbocycles. The molecule has 1 N–H and O–H groups in total. The molecule has 0 bridgehead atoms. The van der Waals surface area contributed by atoms with E-state index in [4.69, 9.17) is 14.6 Å². The van der Waals surface area contributed by atoms with Gasteiger partial charge in [0.05, 0.1) is 5.92 Å². The van der Waals surface area contributed by atoms with Crippen LogP contribution in [0.1, 0.15) is 19.8 Å². The molecule has 2 aliphatic rings. The summed E-state index contributed by atoms with van der Waals surface area (Å²) in [7, 11) is 0. The van der Waals surface area contributed by atoms with Crippen molar-refractivity contribution in [3.05, 3.63) is 18.2 Å². The van der Waals surface area contributed by atoms with Crippen LogP contribution in [0, 0.1) is 5.92 Å². The molecule has 1 saturated heterocycles. The first-order chi connectivity index (χ1) is 12.5. The zero-order valence-electron chi connectivity index (χ0n) is 14.6. The fourth-order valence-corrected chi connectivity index (χ4v) is 3.28. The molecule has 2 heterocycles. The lowest BCUT2D eigenvalue weighted by molar-refractivity contribution is -0.146. The maximum absolute atomic E-state index is 12.7. The molecule has 0 aromatic heterocycles. The second-order valence-electron chi connectivity index (χ2n) is 6.39. The van der Waals surface area contributed by atoms with E-state index in [9.17, 15) is 14.4 Å². The van der Waals surface area contributed by atoms with Crippen LogP contribution in [0.25, 0.3) is 0 Å². The van der Waals surface area contributed by atoms with Crippen molar-refractivity contribution in [1.29, 1.82) is 0 Å². The number of hydrogen-bond donors (Lipinski definition) is 1. The topological polar surface area (TPSA) is 96.4 Å². The van der Waals surface area contributed by atoms with E-state index in [2.05, 4.69) is 0 Å². The molecular formula is C18H22N2O6. The molecule has 1 atom stereocenters. The molecule has 0 spiro atoms. The number of hydrogen-bond acceptors (Lipinski definition) is 5. The van der Waals surface area contributed by atoms with Crippen molar-refractivity contribution in [1.82, 2.24) is 4.90 Å². The number of amides is 2. The van der Waals surface area contributed by atoms with Crippen molar-refractivity contribution in [2.45, 2.75) is 19.8 Å². The lowest BCUT2D eigenvalue weighted by Crippen LogP contribution is -2.41. The Morgan fingerprint density at radius 3 is 2.69 bits per heavy atom. The third-order valence-electron chi connectivity index (χ3n) is 4.44. The zero-order valence-corrected chi connectivity index (χ0v) is 14.6. The largest absolute Gasteiger partial charge is 0.486 e. The average molecular weight is 362 g/mol. The summed E-state index contributed by atoms with van der Waals surface area (Å²) in [5, 5.41) is 9.00. The molecule has 1 aromatic rings. The van der Waals surface area contributed by atoms with E-state index in [1.165, 1.54) is 4.90 Å². The smallest absolute Gasteiger partial charge is 0.323 e. The third kappa shape index (κ3) is 3.74. The van der Waals surface area contributed by atoms with Crippen molar-refractivity contribution in [2.24, 2.45) is 5.92 Å². The van der Waals surface area contributed by atoms with Crippen LogP contribution in [0.15, 0.2) is 18.2 Å². The summed E-state index contributed by atoms with van der Waals surface area (Å²) in [6, 6.07) is 5.25. The van der Waals surface area contributed by atoms with Crippen molar-refractivity contribution in [2.75, 3.05) is 37.7 Å². The van der Waals surface area contributed by atoms with Gasteiger partial charge in [-0.1, -0.05) is 6.92 Å². The van der Waals surface area contributed by atoms with Gasteiger partial charge in [0.2, 0.25) is 11.8 Å². The second-order valence-corrected chi connectivity index (χ2v) is 6.39. The summed E-state index contributed by atoms with van der Waals surface area (Å²) in [4.78, 5) is 38.9. The van der Waals surface area contributed by atoms with Gasteiger partial charge in [-0.05, 0) is 18.6 Å². The highest BCUT2D eigenvalue weighted by molar-refractivity contribution is 6.00. The number of rotatable bonds is 6. The molecule has 26 heavy (non-hydrogen) atoms. The predicted octanol–water partition coefficient (Wildman–Crippen LogP) is 1.13. The summed E-state index contributed by atoms with van der Waals surface area (Å²) in [5.41, 5.74) is 0.648. The number of benzene rings is 1. The highest BCUT2D eigenvalue weighted by atomic mass is 16.6. The molecule has 1 unspecified atom stereocenters. The second kappa shape index (κ2) is 7.63. The minimum absolute atomic E-state index is 0.0765. The number of carbonyl (C=O) groups excluding carboxylic acids is 2. The summed E-state index contributed by atoms with van der Waals surface area (Å²) >= 11 is 0. The summed E-state index contributed by atoms with van der Waals surface area (Å²) < 4.78 is 11.0. The summed E-state index contributed by atoms with van der Waals surface area (Å²) in [5.74, 6) is -0.833. The van der Waals surface area contributed by atoms with Crippen LogP contribution in [0.5, 0.6) is 11.5 Å². The van der Waals surface area contributed by atoms with Crippen LogP contribution < -0.4 is 14.4 Å². The van der Waals surface area contributed by atoms with Crippen molar-refractivity contribution in [3.8, 4) is 11.5 Å².